The summed E-state index contributed by atoms with van der Waals surface area (Å²) < 4.78 is 4.73. The molecular weight excluding hydrogens is 206 g/mol. The van der Waals surface area contributed by atoms with Crippen LogP contribution in [0.5, 0.6) is 0 Å². The summed E-state index contributed by atoms with van der Waals surface area (Å²) in [6, 6.07) is 3.44. The van der Waals surface area contributed by atoms with E-state index in [1.807, 2.05) is 0 Å². The molecule has 0 aliphatic heterocycles. The van der Waals surface area contributed by atoms with Crippen LogP contribution in [-0.2, 0) is 16.1 Å². The van der Waals surface area contributed by atoms with E-state index >= 15 is 0 Å². The summed E-state index contributed by atoms with van der Waals surface area (Å²) in [6.45, 7) is 2.03. The Morgan fingerprint density at radius 1 is 1.56 bits per heavy atom. The minimum Gasteiger partial charge on any atom is -0.465 e. The summed E-state index contributed by atoms with van der Waals surface area (Å²) in [5, 5.41) is 8.78. The van der Waals surface area contributed by atoms with Gasteiger partial charge in [0.25, 0.3) is 0 Å². The highest BCUT2D eigenvalue weighted by Gasteiger charge is 1.96. The maximum atomic E-state index is 11.0. The lowest BCUT2D eigenvalue weighted by atomic mass is 10.2. The van der Waals surface area contributed by atoms with Gasteiger partial charge in [0.05, 0.1) is 18.9 Å². The maximum Gasteiger partial charge on any atom is 0.317 e. The molecule has 0 spiro atoms. The van der Waals surface area contributed by atoms with Crippen LogP contribution in [0.2, 0.25) is 0 Å². The summed E-state index contributed by atoms with van der Waals surface area (Å²) in [7, 11) is 0. The second-order valence-electron chi connectivity index (χ2n) is 2.98. The molecule has 0 saturated heterocycles. The minimum absolute atomic E-state index is 0.0790. The third-order valence-electron chi connectivity index (χ3n) is 1.76. The molecule has 1 N–H and O–H groups in total. The molecule has 0 radical (unpaired) electrons. The molecule has 0 unspecified atom stereocenters. The molecule has 1 aromatic heterocycles. The summed E-state index contributed by atoms with van der Waals surface area (Å²) in [4.78, 5) is 14.9. The molecule has 1 rings (SSSR count). The van der Waals surface area contributed by atoms with Crippen molar-refractivity contribution in [1.29, 1.82) is 0 Å². The Bertz CT molecular complexity index is 401. The standard InChI is InChI=1S/C12H13NO3/c1-2-16-12(15)5-3-4-10-6-7-11(9-14)13-8-10/h6-8,14H,2,5,9H2,1H3. The number of aliphatic hydroxyl groups excluding tert-OH is 1. The highest BCUT2D eigenvalue weighted by Crippen LogP contribution is 1.98. The molecule has 0 aliphatic rings. The first-order valence-electron chi connectivity index (χ1n) is 4.96. The van der Waals surface area contributed by atoms with Gasteiger partial charge in [-0.05, 0) is 19.1 Å². The van der Waals surface area contributed by atoms with Crippen molar-refractivity contribution >= 4 is 5.97 Å². The van der Waals surface area contributed by atoms with Gasteiger partial charge < -0.3 is 9.84 Å². The fourth-order valence-electron chi connectivity index (χ4n) is 1.02. The number of ether oxygens (including phenoxy) is 1. The number of esters is 1. The molecule has 4 nitrogen and oxygen atoms in total. The van der Waals surface area contributed by atoms with Crippen molar-refractivity contribution in [3.63, 3.8) is 0 Å². The van der Waals surface area contributed by atoms with E-state index in [0.29, 0.717) is 17.9 Å². The van der Waals surface area contributed by atoms with Crippen molar-refractivity contribution < 1.29 is 14.6 Å². The molecule has 1 heterocycles. The topological polar surface area (TPSA) is 59.4 Å². The van der Waals surface area contributed by atoms with E-state index in [9.17, 15) is 4.79 Å². The monoisotopic (exact) mass is 219 g/mol. The van der Waals surface area contributed by atoms with Crippen LogP contribution < -0.4 is 0 Å². The average molecular weight is 219 g/mol. The van der Waals surface area contributed by atoms with E-state index < -0.39 is 0 Å². The van der Waals surface area contributed by atoms with Crippen LogP contribution in [0.1, 0.15) is 24.6 Å². The Labute approximate surface area is 94.3 Å². The Hall–Kier alpha value is -1.86. The van der Waals surface area contributed by atoms with Gasteiger partial charge in [-0.3, -0.25) is 9.78 Å². The van der Waals surface area contributed by atoms with Crippen LogP contribution in [-0.4, -0.2) is 22.7 Å². The Morgan fingerprint density at radius 3 is 2.94 bits per heavy atom. The quantitative estimate of drug-likeness (QED) is 0.605. The molecule has 1 aromatic rings. The van der Waals surface area contributed by atoms with Gasteiger partial charge in [0.15, 0.2) is 0 Å². The van der Waals surface area contributed by atoms with Gasteiger partial charge in [0.2, 0.25) is 0 Å². The van der Waals surface area contributed by atoms with Crippen LogP contribution in [0.3, 0.4) is 0 Å². The molecule has 0 saturated carbocycles. The predicted molar refractivity (Wildman–Crippen MR) is 58.3 cm³/mol. The first-order valence-corrected chi connectivity index (χ1v) is 4.96. The van der Waals surface area contributed by atoms with E-state index in [4.69, 9.17) is 9.84 Å². The van der Waals surface area contributed by atoms with Crippen molar-refractivity contribution in [3.8, 4) is 11.8 Å². The van der Waals surface area contributed by atoms with Gasteiger partial charge in [-0.2, -0.15) is 0 Å². The lowest BCUT2D eigenvalue weighted by molar-refractivity contribution is -0.141. The third kappa shape index (κ3) is 4.11. The van der Waals surface area contributed by atoms with Crippen molar-refractivity contribution in [2.75, 3.05) is 6.61 Å². The number of aromatic nitrogens is 1. The SMILES string of the molecule is CCOC(=O)CC#Cc1ccc(CO)nc1. The maximum absolute atomic E-state index is 11.0. The molecule has 0 aromatic carbocycles. The summed E-state index contributed by atoms with van der Waals surface area (Å²) in [5.74, 6) is 5.16. The molecule has 84 valence electrons. The number of aliphatic hydroxyl groups is 1. The number of hydrogen-bond acceptors (Lipinski definition) is 4. The molecule has 16 heavy (non-hydrogen) atoms. The molecule has 4 heteroatoms. The van der Waals surface area contributed by atoms with E-state index in [1.54, 1.807) is 25.3 Å². The molecule has 0 atom stereocenters. The fourth-order valence-corrected chi connectivity index (χ4v) is 1.02. The zero-order valence-electron chi connectivity index (χ0n) is 9.06. The van der Waals surface area contributed by atoms with Gasteiger partial charge in [0.1, 0.15) is 6.42 Å². The Morgan fingerprint density at radius 2 is 2.38 bits per heavy atom. The lowest BCUT2D eigenvalue weighted by Crippen LogP contribution is -2.01. The van der Waals surface area contributed by atoms with Crippen molar-refractivity contribution in [1.82, 2.24) is 4.98 Å². The van der Waals surface area contributed by atoms with Gasteiger partial charge in [-0.1, -0.05) is 11.8 Å². The smallest absolute Gasteiger partial charge is 0.317 e. The molecular formula is C12H13NO3. The van der Waals surface area contributed by atoms with Crippen molar-refractivity contribution in [2.45, 2.75) is 20.0 Å². The lowest BCUT2D eigenvalue weighted by Gasteiger charge is -1.95. The van der Waals surface area contributed by atoms with Crippen molar-refractivity contribution in [2.24, 2.45) is 0 Å². The van der Waals surface area contributed by atoms with Gasteiger partial charge in [0, 0.05) is 11.8 Å². The predicted octanol–water partition coefficient (Wildman–Crippen LogP) is 0.879. The summed E-state index contributed by atoms with van der Waals surface area (Å²) in [5.41, 5.74) is 1.30. The van der Waals surface area contributed by atoms with Crippen LogP contribution in [0, 0.1) is 11.8 Å². The minimum atomic E-state index is -0.324. The van der Waals surface area contributed by atoms with E-state index in [-0.39, 0.29) is 19.0 Å². The van der Waals surface area contributed by atoms with E-state index in [1.165, 1.54) is 0 Å². The van der Waals surface area contributed by atoms with Crippen LogP contribution in [0.15, 0.2) is 18.3 Å². The van der Waals surface area contributed by atoms with Gasteiger partial charge in [-0.15, -0.1) is 0 Å². The van der Waals surface area contributed by atoms with Crippen LogP contribution >= 0.6 is 0 Å². The normalized spacial score (nSPS) is 9.12. The number of pyridine rings is 1. The summed E-state index contributed by atoms with van der Waals surface area (Å²) >= 11 is 0. The molecule has 0 bridgehead atoms. The Balaban J connectivity index is 2.53. The number of hydrogen-bond donors (Lipinski definition) is 1. The van der Waals surface area contributed by atoms with Crippen molar-refractivity contribution in [3.05, 3.63) is 29.6 Å². The zero-order chi connectivity index (χ0) is 11.8. The van der Waals surface area contributed by atoms with Crippen LogP contribution in [0.4, 0.5) is 0 Å². The first kappa shape index (κ1) is 12.2. The molecule has 0 fully saturated rings. The number of nitrogens with zero attached hydrogens (tertiary/aromatic N) is 1. The Kier molecular flexibility index (Phi) is 5.03. The summed E-state index contributed by atoms with van der Waals surface area (Å²) in [6.07, 6.45) is 1.64. The second-order valence-corrected chi connectivity index (χ2v) is 2.98. The number of carbonyl (C=O) groups is 1. The highest BCUT2D eigenvalue weighted by molar-refractivity contribution is 5.72. The number of rotatable bonds is 3. The number of carbonyl (C=O) groups excluding carboxylic acids is 1. The fraction of sp³-hybridized carbons (Fsp3) is 0.333. The second kappa shape index (κ2) is 6.59. The van der Waals surface area contributed by atoms with Gasteiger partial charge >= 0.3 is 5.97 Å². The van der Waals surface area contributed by atoms with E-state index in [0.717, 1.165) is 0 Å². The zero-order valence-corrected chi connectivity index (χ0v) is 9.06. The van der Waals surface area contributed by atoms with Crippen LogP contribution in [0.25, 0.3) is 0 Å². The molecule has 0 aliphatic carbocycles. The van der Waals surface area contributed by atoms with E-state index in [2.05, 4.69) is 16.8 Å². The average Bonchev–Trinajstić information content (AvgIpc) is 2.30. The largest absolute Gasteiger partial charge is 0.465 e. The highest BCUT2D eigenvalue weighted by atomic mass is 16.5. The third-order valence-corrected chi connectivity index (χ3v) is 1.76. The molecule has 0 amide bonds. The van der Waals surface area contributed by atoms with Gasteiger partial charge in [-0.25, -0.2) is 0 Å². The first-order chi connectivity index (χ1) is 7.76.